The standard InChI is InChI=1S/C15H21NO2S/c1-10-13(11-7-6-8-12(9-11)19-5)18-14(17)16(10)15(2,3)4/h6-10,13H,1-5H3/t10-,13-/m0/s1. The van der Waals surface area contributed by atoms with Gasteiger partial charge in [0.15, 0.2) is 0 Å². The summed E-state index contributed by atoms with van der Waals surface area (Å²) in [6.07, 6.45) is 1.64. The van der Waals surface area contributed by atoms with E-state index in [2.05, 4.69) is 12.1 Å². The van der Waals surface area contributed by atoms with E-state index in [0.29, 0.717) is 0 Å². The highest BCUT2D eigenvalue weighted by atomic mass is 32.2. The molecule has 0 spiro atoms. The second-order valence-corrected chi connectivity index (χ2v) is 6.74. The Morgan fingerprint density at radius 2 is 2.00 bits per heavy atom. The summed E-state index contributed by atoms with van der Waals surface area (Å²) >= 11 is 1.70. The van der Waals surface area contributed by atoms with Gasteiger partial charge < -0.3 is 4.74 Å². The van der Waals surface area contributed by atoms with E-state index in [0.717, 1.165) is 5.56 Å². The lowest BCUT2D eigenvalue weighted by molar-refractivity contribution is 0.119. The number of ether oxygens (including phenoxy) is 1. The average Bonchev–Trinajstić information content (AvgIpc) is 2.64. The lowest BCUT2D eigenvalue weighted by atomic mass is 9.99. The van der Waals surface area contributed by atoms with Gasteiger partial charge in [-0.3, -0.25) is 4.90 Å². The van der Waals surface area contributed by atoms with Gasteiger partial charge in [0.1, 0.15) is 6.10 Å². The number of rotatable bonds is 2. The third kappa shape index (κ3) is 2.73. The van der Waals surface area contributed by atoms with Crippen LogP contribution in [0, 0.1) is 0 Å². The molecule has 0 bridgehead atoms. The number of carbonyl (C=O) groups excluding carboxylic acids is 1. The number of cyclic esters (lactones) is 1. The van der Waals surface area contributed by atoms with Gasteiger partial charge in [-0.05, 0) is 51.6 Å². The Labute approximate surface area is 119 Å². The maximum Gasteiger partial charge on any atom is 0.411 e. The summed E-state index contributed by atoms with van der Waals surface area (Å²) in [5.74, 6) is 0. The lowest BCUT2D eigenvalue weighted by Crippen LogP contribution is -2.46. The minimum Gasteiger partial charge on any atom is -0.439 e. The molecule has 1 aromatic carbocycles. The van der Waals surface area contributed by atoms with E-state index in [1.54, 1.807) is 11.8 Å². The number of carbonyl (C=O) groups is 1. The highest BCUT2D eigenvalue weighted by Crippen LogP contribution is 2.37. The molecule has 0 unspecified atom stereocenters. The summed E-state index contributed by atoms with van der Waals surface area (Å²) in [5, 5.41) is 0. The van der Waals surface area contributed by atoms with Gasteiger partial charge in [0.2, 0.25) is 0 Å². The predicted octanol–water partition coefficient (Wildman–Crippen LogP) is 4.09. The average molecular weight is 279 g/mol. The molecule has 0 N–H and O–H groups in total. The van der Waals surface area contributed by atoms with Gasteiger partial charge >= 0.3 is 6.09 Å². The summed E-state index contributed by atoms with van der Waals surface area (Å²) in [4.78, 5) is 15.1. The Bertz CT molecular complexity index is 481. The smallest absolute Gasteiger partial charge is 0.411 e. The van der Waals surface area contributed by atoms with E-state index in [-0.39, 0.29) is 23.8 Å². The van der Waals surface area contributed by atoms with Crippen molar-refractivity contribution in [2.45, 2.75) is 50.3 Å². The third-order valence-electron chi connectivity index (χ3n) is 3.41. The zero-order chi connectivity index (χ0) is 14.2. The molecule has 1 aromatic rings. The largest absolute Gasteiger partial charge is 0.439 e. The summed E-state index contributed by atoms with van der Waals surface area (Å²) in [6.45, 7) is 8.15. The number of amides is 1. The molecule has 1 aliphatic heterocycles. The van der Waals surface area contributed by atoms with E-state index in [4.69, 9.17) is 4.74 Å². The highest BCUT2D eigenvalue weighted by Gasteiger charge is 2.44. The van der Waals surface area contributed by atoms with Crippen LogP contribution in [0.4, 0.5) is 4.79 Å². The molecule has 3 nitrogen and oxygen atoms in total. The van der Waals surface area contributed by atoms with Crippen LogP contribution in [0.2, 0.25) is 0 Å². The zero-order valence-corrected chi connectivity index (χ0v) is 13.0. The number of hydrogen-bond donors (Lipinski definition) is 0. The molecule has 0 aromatic heterocycles. The van der Waals surface area contributed by atoms with E-state index >= 15 is 0 Å². The fourth-order valence-electron chi connectivity index (χ4n) is 2.62. The minimum absolute atomic E-state index is 0.0459. The van der Waals surface area contributed by atoms with E-state index < -0.39 is 0 Å². The summed E-state index contributed by atoms with van der Waals surface area (Å²) in [5.41, 5.74) is 0.849. The summed E-state index contributed by atoms with van der Waals surface area (Å²) < 4.78 is 5.58. The monoisotopic (exact) mass is 279 g/mol. The molecule has 1 fully saturated rings. The molecular formula is C15H21NO2S. The maximum absolute atomic E-state index is 12.1. The van der Waals surface area contributed by atoms with Crippen molar-refractivity contribution < 1.29 is 9.53 Å². The molecule has 1 heterocycles. The van der Waals surface area contributed by atoms with Crippen LogP contribution in [0.1, 0.15) is 39.4 Å². The SMILES string of the molecule is CSc1cccc([C@H]2OC(=O)N(C(C)(C)C)[C@H]2C)c1. The molecule has 0 aliphatic carbocycles. The Hall–Kier alpha value is -1.16. The van der Waals surface area contributed by atoms with Crippen LogP contribution < -0.4 is 0 Å². The topological polar surface area (TPSA) is 29.5 Å². The molecule has 1 amide bonds. The Morgan fingerprint density at radius 1 is 1.32 bits per heavy atom. The number of benzene rings is 1. The van der Waals surface area contributed by atoms with Gasteiger partial charge in [-0.25, -0.2) is 4.79 Å². The van der Waals surface area contributed by atoms with Crippen LogP contribution in [0.25, 0.3) is 0 Å². The molecule has 2 atom stereocenters. The number of nitrogens with zero attached hydrogens (tertiary/aromatic N) is 1. The van der Waals surface area contributed by atoms with Crippen LogP contribution in [0.15, 0.2) is 29.2 Å². The first kappa shape index (κ1) is 14.3. The highest BCUT2D eigenvalue weighted by molar-refractivity contribution is 7.98. The third-order valence-corrected chi connectivity index (χ3v) is 4.14. The van der Waals surface area contributed by atoms with Crippen molar-refractivity contribution in [2.24, 2.45) is 0 Å². The predicted molar refractivity (Wildman–Crippen MR) is 78.5 cm³/mol. The summed E-state index contributed by atoms with van der Waals surface area (Å²) in [7, 11) is 0. The normalized spacial score (nSPS) is 23.6. The van der Waals surface area contributed by atoms with Crippen molar-refractivity contribution in [2.75, 3.05) is 6.26 Å². The lowest BCUT2D eigenvalue weighted by Gasteiger charge is -2.33. The van der Waals surface area contributed by atoms with Crippen molar-refractivity contribution in [1.82, 2.24) is 4.90 Å². The molecule has 2 rings (SSSR count). The Morgan fingerprint density at radius 3 is 2.53 bits per heavy atom. The van der Waals surface area contributed by atoms with E-state index in [1.807, 2.05) is 51.0 Å². The van der Waals surface area contributed by atoms with Crippen LogP contribution in [0.5, 0.6) is 0 Å². The van der Waals surface area contributed by atoms with Crippen molar-refractivity contribution in [3.63, 3.8) is 0 Å². The fraction of sp³-hybridized carbons (Fsp3) is 0.533. The van der Waals surface area contributed by atoms with Gasteiger partial charge in [-0.2, -0.15) is 0 Å². The molecule has 0 saturated carbocycles. The zero-order valence-electron chi connectivity index (χ0n) is 12.1. The first-order valence-corrected chi connectivity index (χ1v) is 7.71. The molecule has 19 heavy (non-hydrogen) atoms. The quantitative estimate of drug-likeness (QED) is 0.764. The Kier molecular flexibility index (Phi) is 3.81. The van der Waals surface area contributed by atoms with E-state index in [1.165, 1.54) is 4.90 Å². The van der Waals surface area contributed by atoms with Gasteiger partial charge in [-0.15, -0.1) is 11.8 Å². The van der Waals surface area contributed by atoms with Crippen LogP contribution >= 0.6 is 11.8 Å². The second kappa shape index (κ2) is 5.08. The maximum atomic E-state index is 12.1. The van der Waals surface area contributed by atoms with Crippen LogP contribution in [-0.2, 0) is 4.74 Å². The number of hydrogen-bond acceptors (Lipinski definition) is 3. The van der Waals surface area contributed by atoms with Crippen molar-refractivity contribution in [3.05, 3.63) is 29.8 Å². The van der Waals surface area contributed by atoms with Crippen LogP contribution in [-0.4, -0.2) is 28.8 Å². The van der Waals surface area contributed by atoms with Crippen molar-refractivity contribution in [1.29, 1.82) is 0 Å². The van der Waals surface area contributed by atoms with Crippen molar-refractivity contribution in [3.8, 4) is 0 Å². The first-order chi connectivity index (χ1) is 8.84. The molecular weight excluding hydrogens is 258 g/mol. The van der Waals surface area contributed by atoms with Crippen molar-refractivity contribution >= 4 is 17.9 Å². The Balaban J connectivity index is 2.30. The molecule has 1 aliphatic rings. The molecule has 4 heteroatoms. The number of thioether (sulfide) groups is 1. The molecule has 104 valence electrons. The van der Waals surface area contributed by atoms with Gasteiger partial charge in [-0.1, -0.05) is 12.1 Å². The first-order valence-electron chi connectivity index (χ1n) is 6.48. The molecule has 1 saturated heterocycles. The fourth-order valence-corrected chi connectivity index (χ4v) is 3.08. The van der Waals surface area contributed by atoms with Gasteiger partial charge in [0.25, 0.3) is 0 Å². The minimum atomic E-state index is -0.223. The van der Waals surface area contributed by atoms with Crippen LogP contribution in [0.3, 0.4) is 0 Å². The van der Waals surface area contributed by atoms with Gasteiger partial charge in [0, 0.05) is 10.4 Å². The molecule has 0 radical (unpaired) electrons. The summed E-state index contributed by atoms with van der Waals surface area (Å²) in [6, 6.07) is 8.26. The van der Waals surface area contributed by atoms with E-state index in [9.17, 15) is 4.79 Å². The van der Waals surface area contributed by atoms with Gasteiger partial charge in [0.05, 0.1) is 6.04 Å². The second-order valence-electron chi connectivity index (χ2n) is 5.86.